The molecule has 1 atom stereocenters. The molecule has 0 aliphatic carbocycles. The predicted molar refractivity (Wildman–Crippen MR) is 80.1 cm³/mol. The highest BCUT2D eigenvalue weighted by Gasteiger charge is 2.32. The summed E-state index contributed by atoms with van der Waals surface area (Å²) in [5.74, 6) is 0.294. The van der Waals surface area contributed by atoms with Crippen molar-refractivity contribution in [3.8, 4) is 0 Å². The molecular formula is C16H23BO. The van der Waals surface area contributed by atoms with Crippen molar-refractivity contribution in [2.75, 3.05) is 0 Å². The third kappa shape index (κ3) is 4.91. The number of carbonyl (C=O) groups excluding carboxylic acids is 1. The summed E-state index contributed by atoms with van der Waals surface area (Å²) in [4.78, 5) is 11.4. The Balaban J connectivity index is 0.000000199. The molecule has 18 heavy (non-hydrogen) atoms. The van der Waals surface area contributed by atoms with Crippen LogP contribution in [0.2, 0.25) is 13.1 Å². The fourth-order valence-corrected chi connectivity index (χ4v) is 2.30. The fourth-order valence-electron chi connectivity index (χ4n) is 2.30. The molecule has 96 valence electrons. The normalized spacial score (nSPS) is 18.3. The van der Waals surface area contributed by atoms with Crippen LogP contribution in [0.25, 0.3) is 0 Å². The van der Waals surface area contributed by atoms with Gasteiger partial charge in [-0.3, -0.25) is 0 Å². The number of aryl methyl sites for hydroxylation is 1. The maximum absolute atomic E-state index is 11.4. The lowest BCUT2D eigenvalue weighted by Crippen LogP contribution is -2.19. The maximum Gasteiger partial charge on any atom is 0.220 e. The molecule has 0 amide bonds. The highest BCUT2D eigenvalue weighted by Crippen LogP contribution is 2.26. The summed E-state index contributed by atoms with van der Waals surface area (Å²) in [5, 5.41) is 0. The van der Waals surface area contributed by atoms with E-state index in [1.807, 2.05) is 31.9 Å². The van der Waals surface area contributed by atoms with Gasteiger partial charge in [-0.1, -0.05) is 61.0 Å². The van der Waals surface area contributed by atoms with Crippen LogP contribution in [0, 0.1) is 12.8 Å². The molecule has 0 N–H and O–H groups in total. The van der Waals surface area contributed by atoms with Crippen molar-refractivity contribution in [2.45, 2.75) is 39.8 Å². The summed E-state index contributed by atoms with van der Waals surface area (Å²) in [6.45, 7) is 10.2. The van der Waals surface area contributed by atoms with Crippen molar-refractivity contribution in [1.29, 1.82) is 0 Å². The van der Waals surface area contributed by atoms with Gasteiger partial charge < -0.3 is 4.79 Å². The van der Waals surface area contributed by atoms with Crippen LogP contribution in [0.3, 0.4) is 0 Å². The molecule has 2 rings (SSSR count). The van der Waals surface area contributed by atoms with Gasteiger partial charge in [0.1, 0.15) is 0 Å². The lowest BCUT2D eigenvalue weighted by Gasteiger charge is -2.06. The van der Waals surface area contributed by atoms with Crippen molar-refractivity contribution < 1.29 is 4.79 Å². The molecule has 1 aromatic carbocycles. The molecule has 0 saturated carbocycles. The van der Waals surface area contributed by atoms with Gasteiger partial charge in [-0.05, 0) is 20.3 Å². The second-order valence-corrected chi connectivity index (χ2v) is 5.39. The molecule has 1 nitrogen and oxygen atoms in total. The van der Waals surface area contributed by atoms with Crippen molar-refractivity contribution in [3.05, 3.63) is 48.0 Å². The zero-order valence-corrected chi connectivity index (χ0v) is 11.8. The SMILES string of the molecule is C=C(C)CC1CCB(C)C1=O.Cc1ccccc1. The summed E-state index contributed by atoms with van der Waals surface area (Å²) < 4.78 is 0. The molecular weight excluding hydrogens is 219 g/mol. The van der Waals surface area contributed by atoms with Crippen LogP contribution in [0.15, 0.2) is 42.5 Å². The first-order valence-electron chi connectivity index (χ1n) is 6.70. The Labute approximate surface area is 111 Å². The zero-order valence-electron chi connectivity index (χ0n) is 11.8. The molecule has 0 radical (unpaired) electrons. The quantitative estimate of drug-likeness (QED) is 0.561. The van der Waals surface area contributed by atoms with Gasteiger partial charge in [0.25, 0.3) is 0 Å². The molecule has 1 aromatic rings. The largest absolute Gasteiger partial charge is 0.311 e. The van der Waals surface area contributed by atoms with Crippen LogP contribution >= 0.6 is 0 Å². The van der Waals surface area contributed by atoms with Gasteiger partial charge in [0.2, 0.25) is 6.71 Å². The Morgan fingerprint density at radius 3 is 2.33 bits per heavy atom. The van der Waals surface area contributed by atoms with Crippen LogP contribution < -0.4 is 0 Å². The first-order valence-corrected chi connectivity index (χ1v) is 6.70. The number of carbonyl (C=O) groups is 1. The van der Waals surface area contributed by atoms with Crippen molar-refractivity contribution in [1.82, 2.24) is 0 Å². The maximum atomic E-state index is 11.4. The van der Waals surface area contributed by atoms with E-state index in [1.165, 1.54) is 5.56 Å². The van der Waals surface area contributed by atoms with E-state index in [4.69, 9.17) is 0 Å². The number of rotatable bonds is 2. The molecule has 0 bridgehead atoms. The van der Waals surface area contributed by atoms with E-state index in [0.717, 1.165) is 24.7 Å². The number of benzene rings is 1. The summed E-state index contributed by atoms with van der Waals surface area (Å²) in [5.41, 5.74) is 2.91. The van der Waals surface area contributed by atoms with Gasteiger partial charge in [0.15, 0.2) is 0 Å². The van der Waals surface area contributed by atoms with Gasteiger partial charge in [-0.2, -0.15) is 0 Å². The van der Waals surface area contributed by atoms with E-state index in [1.54, 1.807) is 0 Å². The molecule has 1 aliphatic heterocycles. The second kappa shape index (κ2) is 7.20. The summed E-state index contributed by atoms with van der Waals surface area (Å²) in [6.07, 6.45) is 3.06. The number of allylic oxidation sites excluding steroid dienone is 1. The minimum Gasteiger partial charge on any atom is -0.311 e. The lowest BCUT2D eigenvalue weighted by atomic mass is 9.49. The first kappa shape index (κ1) is 14.8. The van der Waals surface area contributed by atoms with Gasteiger partial charge in [0, 0.05) is 5.92 Å². The third-order valence-electron chi connectivity index (χ3n) is 3.37. The van der Waals surface area contributed by atoms with Gasteiger partial charge in [-0.15, -0.1) is 6.58 Å². The average Bonchev–Trinajstić information content (AvgIpc) is 2.62. The number of hydrogen-bond acceptors (Lipinski definition) is 1. The second-order valence-electron chi connectivity index (χ2n) is 5.39. The molecule has 1 aliphatic rings. The van der Waals surface area contributed by atoms with E-state index in [2.05, 4.69) is 25.6 Å². The van der Waals surface area contributed by atoms with Crippen LogP contribution in [0.1, 0.15) is 25.3 Å². The summed E-state index contributed by atoms with van der Waals surface area (Å²) in [7, 11) is 0. The molecule has 0 aromatic heterocycles. The highest BCUT2D eigenvalue weighted by molar-refractivity contribution is 6.90. The molecule has 1 heterocycles. The van der Waals surface area contributed by atoms with Crippen LogP contribution in [0.4, 0.5) is 0 Å². The van der Waals surface area contributed by atoms with E-state index >= 15 is 0 Å². The third-order valence-corrected chi connectivity index (χ3v) is 3.37. The van der Waals surface area contributed by atoms with Crippen LogP contribution in [-0.4, -0.2) is 12.4 Å². The van der Waals surface area contributed by atoms with E-state index in [-0.39, 0.29) is 0 Å². The molecule has 2 heteroatoms. The van der Waals surface area contributed by atoms with E-state index < -0.39 is 0 Å². The van der Waals surface area contributed by atoms with Crippen molar-refractivity contribution in [3.63, 3.8) is 0 Å². The van der Waals surface area contributed by atoms with Gasteiger partial charge >= 0.3 is 0 Å². The van der Waals surface area contributed by atoms with Crippen molar-refractivity contribution >= 4 is 12.4 Å². The Kier molecular flexibility index (Phi) is 5.90. The lowest BCUT2D eigenvalue weighted by molar-refractivity contribution is -0.115. The predicted octanol–water partition coefficient (Wildman–Crippen LogP) is 4.20. The Hall–Kier alpha value is -1.31. The number of hydrogen-bond donors (Lipinski definition) is 0. The summed E-state index contributed by atoms with van der Waals surface area (Å²) in [6, 6.07) is 10.3. The molecule has 1 unspecified atom stereocenters. The standard InChI is InChI=1S/C9H15BO.C7H8/c1-7(2)6-8-4-5-10(3)9(8)11;1-7-5-3-2-4-6-7/h8H,1,4-6H2,2-3H3;2-6H,1H3. The summed E-state index contributed by atoms with van der Waals surface area (Å²) >= 11 is 0. The monoisotopic (exact) mass is 242 g/mol. The van der Waals surface area contributed by atoms with Gasteiger partial charge in [0.05, 0.1) is 5.68 Å². The van der Waals surface area contributed by atoms with E-state index in [0.29, 0.717) is 18.3 Å². The molecule has 1 saturated heterocycles. The van der Waals surface area contributed by atoms with Crippen LogP contribution in [-0.2, 0) is 4.79 Å². The smallest absolute Gasteiger partial charge is 0.220 e. The fraction of sp³-hybridized carbons (Fsp3) is 0.438. The molecule has 0 spiro atoms. The highest BCUT2D eigenvalue weighted by atomic mass is 16.1. The average molecular weight is 242 g/mol. The van der Waals surface area contributed by atoms with E-state index in [9.17, 15) is 4.79 Å². The Morgan fingerprint density at radius 1 is 1.39 bits per heavy atom. The minimum atomic E-state index is 0.294. The molecule has 1 fully saturated rings. The Morgan fingerprint density at radius 2 is 2.00 bits per heavy atom. The zero-order chi connectivity index (χ0) is 13.5. The topological polar surface area (TPSA) is 17.1 Å². The van der Waals surface area contributed by atoms with Crippen molar-refractivity contribution in [2.24, 2.45) is 5.92 Å². The minimum absolute atomic E-state index is 0.294. The van der Waals surface area contributed by atoms with Crippen LogP contribution in [0.5, 0.6) is 0 Å². The first-order chi connectivity index (χ1) is 8.50. The Bertz CT molecular complexity index is 397. The van der Waals surface area contributed by atoms with Gasteiger partial charge in [-0.25, -0.2) is 0 Å².